The highest BCUT2D eigenvalue weighted by atomic mass is 35.5. The topological polar surface area (TPSA) is 26.0 Å². The van der Waals surface area contributed by atoms with Gasteiger partial charge >= 0.3 is 6.18 Å². The van der Waals surface area contributed by atoms with Crippen molar-refractivity contribution in [2.75, 3.05) is 0 Å². The molecule has 0 aliphatic rings. The van der Waals surface area contributed by atoms with E-state index in [1.807, 2.05) is 34.6 Å². The summed E-state index contributed by atoms with van der Waals surface area (Å²) < 4.78 is 36.9. The van der Waals surface area contributed by atoms with E-state index in [-0.39, 0.29) is 18.8 Å². The molecule has 0 aromatic heterocycles. The van der Waals surface area contributed by atoms with E-state index >= 15 is 0 Å². The second kappa shape index (κ2) is 6.81. The Morgan fingerprint density at radius 3 is 1.55 bits per heavy atom. The van der Waals surface area contributed by atoms with Gasteiger partial charge in [-0.15, -0.1) is 12.4 Å². The van der Waals surface area contributed by atoms with Gasteiger partial charge in [0.1, 0.15) is 0 Å². The van der Waals surface area contributed by atoms with Crippen molar-refractivity contribution < 1.29 is 13.2 Å². The molecule has 0 amide bonds. The van der Waals surface area contributed by atoms with E-state index in [1.165, 1.54) is 5.56 Å². The molecule has 0 aliphatic heterocycles. The minimum atomic E-state index is -4.14. The zero-order valence-electron chi connectivity index (χ0n) is 12.6. The lowest BCUT2D eigenvalue weighted by atomic mass is 9.85. The van der Waals surface area contributed by atoms with E-state index in [2.05, 4.69) is 0 Å². The molecule has 0 saturated heterocycles. The molecule has 116 valence electrons. The van der Waals surface area contributed by atoms with Crippen molar-refractivity contribution in [3.05, 3.63) is 33.4 Å². The summed E-state index contributed by atoms with van der Waals surface area (Å²) in [5, 5.41) is 0. The maximum absolute atomic E-state index is 12.3. The van der Waals surface area contributed by atoms with Gasteiger partial charge < -0.3 is 5.73 Å². The van der Waals surface area contributed by atoms with Crippen molar-refractivity contribution in [3.63, 3.8) is 0 Å². The molecular formula is C15H23ClF3N. The van der Waals surface area contributed by atoms with Crippen LogP contribution in [0.25, 0.3) is 0 Å². The Morgan fingerprint density at radius 1 is 0.850 bits per heavy atom. The van der Waals surface area contributed by atoms with Gasteiger partial charge in [-0.3, -0.25) is 0 Å². The summed E-state index contributed by atoms with van der Waals surface area (Å²) in [5.41, 5.74) is 12.4. The van der Waals surface area contributed by atoms with E-state index in [0.717, 1.165) is 27.8 Å². The molecular weight excluding hydrogens is 287 g/mol. The summed E-state index contributed by atoms with van der Waals surface area (Å²) in [4.78, 5) is 0. The minimum absolute atomic E-state index is 0. The molecule has 0 radical (unpaired) electrons. The van der Waals surface area contributed by atoms with E-state index in [9.17, 15) is 13.2 Å². The average molecular weight is 310 g/mol. The van der Waals surface area contributed by atoms with E-state index in [0.29, 0.717) is 0 Å². The first-order valence-electron chi connectivity index (χ1n) is 6.45. The molecule has 0 bridgehead atoms. The largest absolute Gasteiger partial charge is 0.389 e. The highest BCUT2D eigenvalue weighted by molar-refractivity contribution is 5.85. The highest BCUT2D eigenvalue weighted by Gasteiger charge is 2.29. The number of hydrogen-bond donors (Lipinski definition) is 1. The predicted octanol–water partition coefficient (Wildman–Crippen LogP) is 4.99. The third kappa shape index (κ3) is 4.13. The summed E-state index contributed by atoms with van der Waals surface area (Å²) in [7, 11) is 0. The number of hydrogen-bond acceptors (Lipinski definition) is 1. The molecule has 1 aromatic carbocycles. The van der Waals surface area contributed by atoms with Crippen LogP contribution in [0.2, 0.25) is 0 Å². The first kappa shape index (κ1) is 19.3. The lowest BCUT2D eigenvalue weighted by Gasteiger charge is -2.23. The number of nitrogens with two attached hydrogens (primary N) is 1. The smallest absolute Gasteiger partial charge is 0.324 e. The number of rotatable bonds is 3. The molecule has 1 atom stereocenters. The van der Waals surface area contributed by atoms with Crippen LogP contribution in [-0.4, -0.2) is 6.18 Å². The Balaban J connectivity index is 0.00000361. The summed E-state index contributed by atoms with van der Waals surface area (Å²) in [6, 6.07) is -0.556. The summed E-state index contributed by atoms with van der Waals surface area (Å²) in [6.07, 6.45) is -5.04. The molecule has 5 heteroatoms. The second-order valence-corrected chi connectivity index (χ2v) is 5.30. The number of alkyl halides is 3. The molecule has 1 rings (SSSR count). The van der Waals surface area contributed by atoms with Gasteiger partial charge in [-0.05, 0) is 74.4 Å². The molecule has 2 N–H and O–H groups in total. The van der Waals surface area contributed by atoms with Crippen LogP contribution in [0.3, 0.4) is 0 Å². The van der Waals surface area contributed by atoms with Crippen molar-refractivity contribution in [1.29, 1.82) is 0 Å². The van der Waals surface area contributed by atoms with Crippen LogP contribution in [0.5, 0.6) is 0 Å². The zero-order valence-corrected chi connectivity index (χ0v) is 13.4. The maximum atomic E-state index is 12.3. The van der Waals surface area contributed by atoms with Crippen LogP contribution in [0.1, 0.15) is 52.3 Å². The molecule has 1 nitrogen and oxygen atoms in total. The summed E-state index contributed by atoms with van der Waals surface area (Å²) in [5.74, 6) is 0. The fourth-order valence-electron chi connectivity index (χ4n) is 2.55. The molecule has 0 fully saturated rings. The molecule has 1 aromatic rings. The molecule has 0 heterocycles. The first-order chi connectivity index (χ1) is 8.56. The monoisotopic (exact) mass is 309 g/mol. The number of benzene rings is 1. The van der Waals surface area contributed by atoms with Crippen LogP contribution < -0.4 is 5.73 Å². The van der Waals surface area contributed by atoms with Gasteiger partial charge in [-0.1, -0.05) is 0 Å². The SMILES string of the molecule is Cc1c(C)c(C)c([C@@H](N)CCC(F)(F)F)c(C)c1C.Cl. The third-order valence-electron chi connectivity index (χ3n) is 4.17. The van der Waals surface area contributed by atoms with E-state index in [4.69, 9.17) is 5.73 Å². The molecule has 0 aliphatic carbocycles. The summed E-state index contributed by atoms with van der Waals surface area (Å²) >= 11 is 0. The van der Waals surface area contributed by atoms with Crippen LogP contribution in [0.4, 0.5) is 13.2 Å². The van der Waals surface area contributed by atoms with Crippen LogP contribution in [-0.2, 0) is 0 Å². The number of halogens is 4. The molecule has 20 heavy (non-hydrogen) atoms. The van der Waals surface area contributed by atoms with Gasteiger partial charge in [0.05, 0.1) is 0 Å². The zero-order chi connectivity index (χ0) is 15.0. The van der Waals surface area contributed by atoms with E-state index in [1.54, 1.807) is 0 Å². The third-order valence-corrected chi connectivity index (χ3v) is 4.17. The fourth-order valence-corrected chi connectivity index (χ4v) is 2.55. The molecule has 0 unspecified atom stereocenters. The Bertz CT molecular complexity index is 452. The predicted molar refractivity (Wildman–Crippen MR) is 79.6 cm³/mol. The van der Waals surface area contributed by atoms with Gasteiger partial charge in [0.25, 0.3) is 0 Å². The second-order valence-electron chi connectivity index (χ2n) is 5.30. The Labute approximate surface area is 125 Å². The van der Waals surface area contributed by atoms with Crippen LogP contribution in [0.15, 0.2) is 0 Å². The van der Waals surface area contributed by atoms with Gasteiger partial charge in [-0.2, -0.15) is 13.2 Å². The maximum Gasteiger partial charge on any atom is 0.389 e. The normalized spacial score (nSPS) is 13.1. The van der Waals surface area contributed by atoms with E-state index < -0.39 is 18.6 Å². The van der Waals surface area contributed by atoms with Crippen LogP contribution in [0, 0.1) is 34.6 Å². The molecule has 0 spiro atoms. The quantitative estimate of drug-likeness (QED) is 0.836. The van der Waals surface area contributed by atoms with Crippen molar-refractivity contribution in [3.8, 4) is 0 Å². The highest BCUT2D eigenvalue weighted by Crippen LogP contribution is 2.33. The van der Waals surface area contributed by atoms with Crippen molar-refractivity contribution in [1.82, 2.24) is 0 Å². The minimum Gasteiger partial charge on any atom is -0.324 e. The Kier molecular flexibility index (Phi) is 6.56. The average Bonchev–Trinajstić information content (AvgIpc) is 2.31. The molecule has 0 saturated carbocycles. The van der Waals surface area contributed by atoms with Crippen molar-refractivity contribution in [2.45, 2.75) is 59.7 Å². The lowest BCUT2D eigenvalue weighted by molar-refractivity contribution is -0.136. The van der Waals surface area contributed by atoms with Gasteiger partial charge in [-0.25, -0.2) is 0 Å². The lowest BCUT2D eigenvalue weighted by Crippen LogP contribution is -2.19. The Hall–Kier alpha value is -0.740. The standard InChI is InChI=1S/C15H22F3N.ClH/c1-8-9(2)11(4)14(12(5)10(8)3)13(19)6-7-15(16,17)18;/h13H,6-7,19H2,1-5H3;1H/t13-;/m0./s1. The van der Waals surface area contributed by atoms with Gasteiger partial charge in [0.15, 0.2) is 0 Å². The van der Waals surface area contributed by atoms with Gasteiger partial charge in [0, 0.05) is 12.5 Å². The van der Waals surface area contributed by atoms with Crippen LogP contribution >= 0.6 is 12.4 Å². The van der Waals surface area contributed by atoms with Gasteiger partial charge in [0.2, 0.25) is 0 Å². The Morgan fingerprint density at radius 2 is 1.20 bits per heavy atom. The summed E-state index contributed by atoms with van der Waals surface area (Å²) in [6.45, 7) is 9.92. The van der Waals surface area contributed by atoms with Crippen molar-refractivity contribution >= 4 is 12.4 Å². The first-order valence-corrected chi connectivity index (χ1v) is 6.45. The van der Waals surface area contributed by atoms with Crippen molar-refractivity contribution in [2.24, 2.45) is 5.73 Å². The fraction of sp³-hybridized carbons (Fsp3) is 0.600.